The lowest BCUT2D eigenvalue weighted by Crippen LogP contribution is -2.60. The predicted molar refractivity (Wildman–Crippen MR) is 66.9 cm³/mol. The Balaban J connectivity index is 1.60. The molecule has 0 bridgehead atoms. The van der Waals surface area contributed by atoms with Gasteiger partial charge >= 0.3 is 0 Å². The molecule has 5 nitrogen and oxygen atoms in total. The summed E-state index contributed by atoms with van der Waals surface area (Å²) in [6, 6.07) is 0.0854. The van der Waals surface area contributed by atoms with E-state index in [-0.39, 0.29) is 24.0 Å². The van der Waals surface area contributed by atoms with E-state index in [1.54, 1.807) is 4.90 Å². The molecule has 1 atom stereocenters. The lowest BCUT2D eigenvalue weighted by molar-refractivity contribution is -0.138. The number of rotatable bonds is 5. The van der Waals surface area contributed by atoms with Crippen LogP contribution in [-0.2, 0) is 14.3 Å². The van der Waals surface area contributed by atoms with E-state index in [4.69, 9.17) is 4.74 Å². The van der Waals surface area contributed by atoms with Crippen LogP contribution in [-0.4, -0.2) is 48.6 Å². The summed E-state index contributed by atoms with van der Waals surface area (Å²) in [5, 5.41) is 2.77. The van der Waals surface area contributed by atoms with E-state index in [0.717, 1.165) is 25.9 Å². The third-order valence-corrected chi connectivity index (χ3v) is 3.47. The van der Waals surface area contributed by atoms with Crippen molar-refractivity contribution in [2.45, 2.75) is 37.8 Å². The molecule has 18 heavy (non-hydrogen) atoms. The van der Waals surface area contributed by atoms with E-state index in [2.05, 4.69) is 11.9 Å². The minimum atomic E-state index is -0.175. The molecule has 100 valence electrons. The molecule has 0 saturated carbocycles. The Morgan fingerprint density at radius 2 is 2.22 bits per heavy atom. The Morgan fingerprint density at radius 3 is 2.83 bits per heavy atom. The van der Waals surface area contributed by atoms with Gasteiger partial charge in [0.1, 0.15) is 0 Å². The first-order valence-electron chi connectivity index (χ1n) is 6.51. The van der Waals surface area contributed by atoms with Crippen LogP contribution >= 0.6 is 0 Å². The number of likely N-dealkylation sites (tertiary alicyclic amines) is 1. The van der Waals surface area contributed by atoms with E-state index in [1.165, 1.54) is 6.08 Å². The van der Waals surface area contributed by atoms with E-state index in [9.17, 15) is 9.59 Å². The second-order valence-corrected chi connectivity index (χ2v) is 4.88. The summed E-state index contributed by atoms with van der Waals surface area (Å²) < 4.78 is 5.48. The summed E-state index contributed by atoms with van der Waals surface area (Å²) in [7, 11) is 0. The predicted octanol–water partition coefficient (Wildman–Crippen LogP) is 0.459. The van der Waals surface area contributed by atoms with Crippen LogP contribution in [0.5, 0.6) is 0 Å². The normalized spacial score (nSPS) is 23.6. The number of amides is 2. The third kappa shape index (κ3) is 3.32. The van der Waals surface area contributed by atoms with Crippen molar-refractivity contribution < 1.29 is 14.3 Å². The van der Waals surface area contributed by atoms with Crippen LogP contribution in [0, 0.1) is 0 Å². The SMILES string of the molecule is C=CC(=O)NC1CN(C(=O)CC[C@@H]2CCCO2)C1. The van der Waals surface area contributed by atoms with Crippen molar-refractivity contribution in [1.82, 2.24) is 10.2 Å². The molecule has 0 spiro atoms. The Labute approximate surface area is 107 Å². The van der Waals surface area contributed by atoms with Gasteiger partial charge in [0.05, 0.1) is 12.1 Å². The van der Waals surface area contributed by atoms with Crippen molar-refractivity contribution in [2.75, 3.05) is 19.7 Å². The number of nitrogens with one attached hydrogen (secondary N) is 1. The van der Waals surface area contributed by atoms with Crippen LogP contribution in [0.2, 0.25) is 0 Å². The van der Waals surface area contributed by atoms with Gasteiger partial charge in [0, 0.05) is 26.1 Å². The molecule has 0 aromatic heterocycles. The Bertz CT molecular complexity index is 331. The first-order chi connectivity index (χ1) is 8.69. The van der Waals surface area contributed by atoms with Gasteiger partial charge in [-0.1, -0.05) is 6.58 Å². The number of hydrogen-bond acceptors (Lipinski definition) is 3. The van der Waals surface area contributed by atoms with Gasteiger partial charge in [-0.25, -0.2) is 0 Å². The van der Waals surface area contributed by atoms with Gasteiger partial charge in [0.25, 0.3) is 0 Å². The van der Waals surface area contributed by atoms with Crippen LogP contribution in [0.4, 0.5) is 0 Å². The molecular formula is C13H20N2O3. The maximum Gasteiger partial charge on any atom is 0.243 e. The quantitative estimate of drug-likeness (QED) is 0.723. The number of hydrogen-bond donors (Lipinski definition) is 1. The van der Waals surface area contributed by atoms with Gasteiger partial charge in [0.15, 0.2) is 0 Å². The molecular weight excluding hydrogens is 232 g/mol. The number of nitrogens with zero attached hydrogens (tertiary/aromatic N) is 1. The monoisotopic (exact) mass is 252 g/mol. The Morgan fingerprint density at radius 1 is 1.44 bits per heavy atom. The van der Waals surface area contributed by atoms with Crippen molar-refractivity contribution in [1.29, 1.82) is 0 Å². The van der Waals surface area contributed by atoms with Crippen molar-refractivity contribution in [2.24, 2.45) is 0 Å². The summed E-state index contributed by atoms with van der Waals surface area (Å²) in [5.74, 6) is -0.0129. The fourth-order valence-corrected chi connectivity index (χ4v) is 2.35. The smallest absolute Gasteiger partial charge is 0.243 e. The van der Waals surface area contributed by atoms with E-state index < -0.39 is 0 Å². The average Bonchev–Trinajstić information content (AvgIpc) is 2.82. The van der Waals surface area contributed by atoms with E-state index in [0.29, 0.717) is 19.5 Å². The molecule has 2 heterocycles. The molecule has 2 aliphatic rings. The molecule has 0 unspecified atom stereocenters. The molecule has 2 saturated heterocycles. The van der Waals surface area contributed by atoms with Gasteiger partial charge in [-0.2, -0.15) is 0 Å². The standard InChI is InChI=1S/C13H20N2O3/c1-2-12(16)14-10-8-15(9-10)13(17)6-5-11-4-3-7-18-11/h2,10-11H,1,3-9H2,(H,14,16)/t11-/m0/s1. The molecule has 5 heteroatoms. The molecule has 2 fully saturated rings. The Kier molecular flexibility index (Phi) is 4.36. The van der Waals surface area contributed by atoms with Gasteiger partial charge < -0.3 is 15.0 Å². The van der Waals surface area contributed by atoms with Gasteiger partial charge in [-0.15, -0.1) is 0 Å². The largest absolute Gasteiger partial charge is 0.378 e. The van der Waals surface area contributed by atoms with Crippen LogP contribution in [0.3, 0.4) is 0 Å². The van der Waals surface area contributed by atoms with Crippen LogP contribution < -0.4 is 5.32 Å². The zero-order valence-electron chi connectivity index (χ0n) is 10.6. The molecule has 2 amide bonds. The lowest BCUT2D eigenvalue weighted by atomic mass is 10.1. The molecule has 2 rings (SSSR count). The second kappa shape index (κ2) is 6.00. The molecule has 0 aromatic rings. The zero-order valence-corrected chi connectivity index (χ0v) is 10.6. The third-order valence-electron chi connectivity index (χ3n) is 3.47. The molecule has 0 radical (unpaired) electrons. The number of ether oxygens (including phenoxy) is 1. The molecule has 0 aromatic carbocycles. The van der Waals surface area contributed by atoms with E-state index in [1.807, 2.05) is 0 Å². The fourth-order valence-electron chi connectivity index (χ4n) is 2.35. The zero-order chi connectivity index (χ0) is 13.0. The highest BCUT2D eigenvalue weighted by molar-refractivity contribution is 5.87. The van der Waals surface area contributed by atoms with Crippen LogP contribution in [0.25, 0.3) is 0 Å². The summed E-state index contributed by atoms with van der Waals surface area (Å²) in [6.07, 6.45) is 5.07. The summed E-state index contributed by atoms with van der Waals surface area (Å²) in [5.41, 5.74) is 0. The van der Waals surface area contributed by atoms with Crippen molar-refractivity contribution >= 4 is 11.8 Å². The van der Waals surface area contributed by atoms with Gasteiger partial charge in [0.2, 0.25) is 11.8 Å². The topological polar surface area (TPSA) is 58.6 Å². The molecule has 2 aliphatic heterocycles. The summed E-state index contributed by atoms with van der Waals surface area (Å²) in [6.45, 7) is 5.45. The molecule has 0 aliphatic carbocycles. The minimum Gasteiger partial charge on any atom is -0.378 e. The summed E-state index contributed by atoms with van der Waals surface area (Å²) in [4.78, 5) is 24.6. The Hall–Kier alpha value is -1.36. The van der Waals surface area contributed by atoms with Crippen LogP contribution in [0.15, 0.2) is 12.7 Å². The first-order valence-corrected chi connectivity index (χ1v) is 6.51. The maximum atomic E-state index is 11.8. The van der Waals surface area contributed by atoms with Crippen LogP contribution in [0.1, 0.15) is 25.7 Å². The van der Waals surface area contributed by atoms with Gasteiger partial charge in [-0.05, 0) is 25.3 Å². The van der Waals surface area contributed by atoms with Gasteiger partial charge in [-0.3, -0.25) is 9.59 Å². The maximum absolute atomic E-state index is 11.8. The minimum absolute atomic E-state index is 0.0854. The first kappa shape index (κ1) is 13.1. The highest BCUT2D eigenvalue weighted by Gasteiger charge is 2.31. The second-order valence-electron chi connectivity index (χ2n) is 4.88. The van der Waals surface area contributed by atoms with Crippen molar-refractivity contribution in [3.63, 3.8) is 0 Å². The number of carbonyl (C=O) groups is 2. The fraction of sp³-hybridized carbons (Fsp3) is 0.692. The highest BCUT2D eigenvalue weighted by atomic mass is 16.5. The van der Waals surface area contributed by atoms with Crippen molar-refractivity contribution in [3.05, 3.63) is 12.7 Å². The molecule has 1 N–H and O–H groups in total. The highest BCUT2D eigenvalue weighted by Crippen LogP contribution is 2.18. The number of carbonyl (C=O) groups excluding carboxylic acids is 2. The summed E-state index contributed by atoms with van der Waals surface area (Å²) >= 11 is 0. The van der Waals surface area contributed by atoms with Crippen molar-refractivity contribution in [3.8, 4) is 0 Å². The lowest BCUT2D eigenvalue weighted by Gasteiger charge is -2.39. The average molecular weight is 252 g/mol. The van der Waals surface area contributed by atoms with E-state index >= 15 is 0 Å².